The van der Waals surface area contributed by atoms with Gasteiger partial charge in [-0.1, -0.05) is 47.0 Å². The molecule has 0 aromatic rings. The third-order valence-corrected chi connectivity index (χ3v) is 12.5. The lowest BCUT2D eigenvalue weighted by atomic mass is 9.43. The first-order chi connectivity index (χ1) is 19.3. The molecule has 6 nitrogen and oxygen atoms in total. The molecule has 2 unspecified atom stereocenters. The maximum Gasteiger partial charge on any atom is 0.0637 e. The van der Waals surface area contributed by atoms with E-state index < -0.39 is 0 Å². The van der Waals surface area contributed by atoms with Gasteiger partial charge in [-0.25, -0.2) is 0 Å². The Morgan fingerprint density at radius 1 is 0.744 bits per heavy atom. The van der Waals surface area contributed by atoms with Gasteiger partial charge in [0.2, 0.25) is 0 Å². The van der Waals surface area contributed by atoms with E-state index in [1.54, 1.807) is 0 Å². The number of hydrogen-bond acceptors (Lipinski definition) is 6. The number of unbranched alkanes of at least 4 members (excludes halogenated alkanes) is 1. The zero-order valence-electron chi connectivity index (χ0n) is 27.8. The molecule has 0 saturated heterocycles. The van der Waals surface area contributed by atoms with Crippen molar-refractivity contribution in [3.63, 3.8) is 0 Å². The first-order valence-electron chi connectivity index (χ1n) is 17.3. The van der Waals surface area contributed by atoms with Crippen molar-refractivity contribution in [1.82, 2.24) is 0 Å². The fraction of sp³-hybridized carbons (Fsp3) is 1.00. The summed E-state index contributed by atoms with van der Waals surface area (Å²) in [5.41, 5.74) is 18.2. The Kier molecular flexibility index (Phi) is 18.8. The van der Waals surface area contributed by atoms with Gasteiger partial charge >= 0.3 is 0 Å². The Labute approximate surface area is 283 Å². The number of ether oxygens (including phenoxy) is 3. The minimum absolute atomic E-state index is 0. The maximum absolute atomic E-state index is 6.95. The largest absolute Gasteiger partial charge is 0.378 e. The normalized spacial score (nSPS) is 38.9. The summed E-state index contributed by atoms with van der Waals surface area (Å²) < 4.78 is 20.2. The summed E-state index contributed by atoms with van der Waals surface area (Å²) in [6, 6.07) is 0. The number of nitrogens with two attached hydrogens (primary N) is 3. The molecule has 0 bridgehead atoms. The molecule has 0 aliphatic heterocycles. The van der Waals surface area contributed by atoms with Crippen molar-refractivity contribution in [2.24, 2.45) is 63.5 Å². The van der Waals surface area contributed by atoms with Crippen molar-refractivity contribution in [3.05, 3.63) is 0 Å². The molecule has 6 N–H and O–H groups in total. The van der Waals surface area contributed by atoms with E-state index in [1.807, 2.05) is 0 Å². The lowest BCUT2D eigenvalue weighted by Gasteiger charge is -2.65. The SMILES string of the molecule is CCCC[C@@H](C)[C@H]1CC[C@H]2C3[C@H](OCCCN)CC4C[C@H](OCCCN)CC[C@]4(C)[C@H]3C[C@H](OCCCN)[C@]12C.Cl.Cl.Cl. The average Bonchev–Trinajstić information content (AvgIpc) is 3.31. The topological polar surface area (TPSA) is 106 Å². The van der Waals surface area contributed by atoms with E-state index in [4.69, 9.17) is 31.4 Å². The summed E-state index contributed by atoms with van der Waals surface area (Å²) in [5.74, 6) is 4.05. The van der Waals surface area contributed by atoms with Crippen LogP contribution >= 0.6 is 37.2 Å². The summed E-state index contributed by atoms with van der Waals surface area (Å²) in [6.07, 6.45) is 16.5. The molecule has 4 rings (SSSR count). The summed E-state index contributed by atoms with van der Waals surface area (Å²) in [7, 11) is 0. The molecule has 258 valence electrons. The molecule has 0 spiro atoms. The summed E-state index contributed by atoms with van der Waals surface area (Å²) in [4.78, 5) is 0. The average molecular weight is 673 g/mol. The summed E-state index contributed by atoms with van der Waals surface area (Å²) >= 11 is 0. The van der Waals surface area contributed by atoms with Crippen LogP contribution < -0.4 is 17.2 Å². The van der Waals surface area contributed by atoms with Crippen LogP contribution in [0.25, 0.3) is 0 Å². The van der Waals surface area contributed by atoms with E-state index in [9.17, 15) is 0 Å². The van der Waals surface area contributed by atoms with Gasteiger partial charge in [0.15, 0.2) is 0 Å². The number of hydrogen-bond donors (Lipinski definition) is 3. The molecular formula is C34H68Cl3N3O3. The van der Waals surface area contributed by atoms with Gasteiger partial charge in [0.05, 0.1) is 18.3 Å². The van der Waals surface area contributed by atoms with E-state index >= 15 is 0 Å². The van der Waals surface area contributed by atoms with Gasteiger partial charge in [-0.15, -0.1) is 37.2 Å². The summed E-state index contributed by atoms with van der Waals surface area (Å²) in [6.45, 7) is 14.6. The third-order valence-electron chi connectivity index (χ3n) is 12.5. The monoisotopic (exact) mass is 671 g/mol. The highest BCUT2D eigenvalue weighted by molar-refractivity contribution is 5.86. The molecule has 4 aliphatic carbocycles. The lowest BCUT2D eigenvalue weighted by Crippen LogP contribution is -2.63. The quantitative estimate of drug-likeness (QED) is 0.150. The molecule has 0 radical (unpaired) electrons. The van der Waals surface area contributed by atoms with Crippen LogP contribution in [0.4, 0.5) is 0 Å². The van der Waals surface area contributed by atoms with Crippen LogP contribution in [0, 0.1) is 46.3 Å². The molecule has 43 heavy (non-hydrogen) atoms. The molecule has 4 fully saturated rings. The smallest absolute Gasteiger partial charge is 0.0637 e. The van der Waals surface area contributed by atoms with Crippen LogP contribution in [-0.2, 0) is 14.2 Å². The van der Waals surface area contributed by atoms with Crippen molar-refractivity contribution in [3.8, 4) is 0 Å². The van der Waals surface area contributed by atoms with E-state index in [0.717, 1.165) is 50.9 Å². The second kappa shape index (κ2) is 19.5. The van der Waals surface area contributed by atoms with E-state index in [0.29, 0.717) is 67.0 Å². The molecule has 0 aromatic heterocycles. The molecule has 11 atom stereocenters. The lowest BCUT2D eigenvalue weighted by molar-refractivity contribution is -0.227. The van der Waals surface area contributed by atoms with Crippen molar-refractivity contribution >= 4 is 37.2 Å². The zero-order chi connectivity index (χ0) is 28.8. The zero-order valence-corrected chi connectivity index (χ0v) is 30.3. The fourth-order valence-electron chi connectivity index (χ4n) is 10.3. The van der Waals surface area contributed by atoms with Crippen molar-refractivity contribution in [2.45, 2.75) is 129 Å². The molecule has 9 heteroatoms. The molecule has 0 heterocycles. The highest BCUT2D eigenvalue weighted by atomic mass is 35.5. The highest BCUT2D eigenvalue weighted by Gasteiger charge is 2.66. The van der Waals surface area contributed by atoms with Crippen LogP contribution in [0.15, 0.2) is 0 Å². The Morgan fingerprint density at radius 2 is 1.37 bits per heavy atom. The van der Waals surface area contributed by atoms with Gasteiger partial charge in [-0.05, 0) is 125 Å². The van der Waals surface area contributed by atoms with Crippen molar-refractivity contribution < 1.29 is 14.2 Å². The molecule has 4 aliphatic rings. The van der Waals surface area contributed by atoms with Gasteiger partial charge in [0.25, 0.3) is 0 Å². The molecule has 0 amide bonds. The van der Waals surface area contributed by atoms with Crippen LogP contribution in [-0.4, -0.2) is 57.8 Å². The van der Waals surface area contributed by atoms with E-state index in [2.05, 4.69) is 27.7 Å². The van der Waals surface area contributed by atoms with Gasteiger partial charge in [-0.3, -0.25) is 0 Å². The molecular weight excluding hydrogens is 605 g/mol. The molecule has 4 saturated carbocycles. The number of rotatable bonds is 16. The van der Waals surface area contributed by atoms with Gasteiger partial charge in [0, 0.05) is 25.2 Å². The Hall–Kier alpha value is 0.630. The number of fused-ring (bicyclic) bond motifs is 5. The fourth-order valence-corrected chi connectivity index (χ4v) is 10.3. The van der Waals surface area contributed by atoms with Crippen molar-refractivity contribution in [1.29, 1.82) is 0 Å². The minimum atomic E-state index is 0. The van der Waals surface area contributed by atoms with Crippen molar-refractivity contribution in [2.75, 3.05) is 39.5 Å². The van der Waals surface area contributed by atoms with Gasteiger partial charge in [-0.2, -0.15) is 0 Å². The first-order valence-corrected chi connectivity index (χ1v) is 17.3. The Morgan fingerprint density at radius 3 is 2.00 bits per heavy atom. The second-order valence-corrected chi connectivity index (χ2v) is 14.6. The molecule has 0 aromatic carbocycles. The first kappa shape index (κ1) is 41.7. The van der Waals surface area contributed by atoms with Gasteiger partial charge in [0.1, 0.15) is 0 Å². The van der Waals surface area contributed by atoms with Crippen LogP contribution in [0.2, 0.25) is 0 Å². The third kappa shape index (κ3) is 8.96. The standard InChI is InChI=1S/C34H65N3O3.3ClH/c1-5-6-10-24(2)27-11-12-28-32-29(23-31(34(27,28)4)40-20-9-17-37)33(3)14-13-26(38-18-7-15-35)21-25(33)22-30(32)39-19-8-16-36;;;/h24-32H,5-23,35-37H2,1-4H3;3*1H/t24-,25?,26-,27-,28+,29+,30-,31+,32?,33+,34-;;;/m1.../s1. The summed E-state index contributed by atoms with van der Waals surface area (Å²) in [5, 5.41) is 0. The predicted octanol–water partition coefficient (Wildman–Crippen LogP) is 7.16. The predicted molar refractivity (Wildman–Crippen MR) is 187 cm³/mol. The van der Waals surface area contributed by atoms with E-state index in [-0.39, 0.29) is 42.6 Å². The van der Waals surface area contributed by atoms with Gasteiger partial charge < -0.3 is 31.4 Å². The Balaban J connectivity index is 0.00000308. The maximum atomic E-state index is 6.95. The Bertz CT molecular complexity index is 770. The number of halogens is 3. The van der Waals surface area contributed by atoms with Crippen LogP contribution in [0.5, 0.6) is 0 Å². The second-order valence-electron chi connectivity index (χ2n) is 14.6. The van der Waals surface area contributed by atoms with Crippen LogP contribution in [0.1, 0.15) is 111 Å². The van der Waals surface area contributed by atoms with Crippen LogP contribution in [0.3, 0.4) is 0 Å². The minimum Gasteiger partial charge on any atom is -0.378 e. The van der Waals surface area contributed by atoms with E-state index in [1.165, 1.54) is 64.2 Å². The highest BCUT2D eigenvalue weighted by Crippen LogP contribution is 2.69.